The normalized spacial score (nSPS) is 11.2. The number of aromatic nitrogens is 2. The molecule has 0 unspecified atom stereocenters. The summed E-state index contributed by atoms with van der Waals surface area (Å²) in [5.41, 5.74) is 7.34. The zero-order chi connectivity index (χ0) is 22.8. The largest absolute Gasteiger partial charge is 0.427 e. The number of ether oxygens (including phenoxy) is 1. The Kier molecular flexibility index (Phi) is 5.66. The molecular weight excluding hydrogens is 408 g/mol. The van der Waals surface area contributed by atoms with Crippen molar-refractivity contribution in [3.63, 3.8) is 0 Å². The Labute approximate surface area is 193 Å². The summed E-state index contributed by atoms with van der Waals surface area (Å²) in [5, 5.41) is 2.29. The second-order valence-electron chi connectivity index (χ2n) is 8.56. The zero-order valence-corrected chi connectivity index (χ0v) is 18.9. The number of aryl methyl sites for hydroxylation is 3. The number of esters is 1. The summed E-state index contributed by atoms with van der Waals surface area (Å²) in [6, 6.07) is 26.4. The molecule has 0 aliphatic heterocycles. The van der Waals surface area contributed by atoms with Gasteiger partial charge < -0.3 is 9.72 Å². The number of para-hydroxylation sites is 2. The number of carbonyl (C=O) groups excluding carboxylic acids is 1. The van der Waals surface area contributed by atoms with Crippen LogP contribution in [0, 0.1) is 13.8 Å². The van der Waals surface area contributed by atoms with E-state index in [0.717, 1.165) is 45.4 Å². The van der Waals surface area contributed by atoms with Gasteiger partial charge in [0.15, 0.2) is 0 Å². The quantitative estimate of drug-likeness (QED) is 0.233. The van der Waals surface area contributed by atoms with Crippen LogP contribution < -0.4 is 4.74 Å². The average Bonchev–Trinajstić information content (AvgIpc) is 3.17. The van der Waals surface area contributed by atoms with E-state index in [1.54, 1.807) is 0 Å². The summed E-state index contributed by atoms with van der Waals surface area (Å²) in [4.78, 5) is 20.9. The van der Waals surface area contributed by atoms with Gasteiger partial charge in [-0.05, 0) is 73.7 Å². The van der Waals surface area contributed by atoms with Gasteiger partial charge in [0.25, 0.3) is 0 Å². The van der Waals surface area contributed by atoms with Crippen LogP contribution in [-0.4, -0.2) is 15.9 Å². The van der Waals surface area contributed by atoms with E-state index in [1.807, 2.05) is 56.3 Å². The van der Waals surface area contributed by atoms with Gasteiger partial charge in [0, 0.05) is 22.7 Å². The first-order chi connectivity index (χ1) is 16.1. The van der Waals surface area contributed by atoms with Gasteiger partial charge in [0.1, 0.15) is 5.75 Å². The lowest BCUT2D eigenvalue weighted by Gasteiger charge is -2.08. The Morgan fingerprint density at radius 1 is 0.909 bits per heavy atom. The van der Waals surface area contributed by atoms with E-state index in [1.165, 1.54) is 10.9 Å². The van der Waals surface area contributed by atoms with Crippen molar-refractivity contribution in [2.75, 3.05) is 0 Å². The number of fused-ring (bicyclic) bond motifs is 2. The number of H-pyrrole nitrogens is 1. The molecule has 5 aromatic rings. The van der Waals surface area contributed by atoms with Crippen molar-refractivity contribution in [2.45, 2.75) is 33.1 Å². The number of carbonyl (C=O) groups is 1. The van der Waals surface area contributed by atoms with Crippen LogP contribution in [-0.2, 0) is 11.2 Å². The lowest BCUT2D eigenvalue weighted by Crippen LogP contribution is -2.08. The minimum Gasteiger partial charge on any atom is -0.427 e. The minimum atomic E-state index is -0.203. The van der Waals surface area contributed by atoms with Gasteiger partial charge in [-0.25, -0.2) is 4.98 Å². The summed E-state index contributed by atoms with van der Waals surface area (Å²) in [7, 11) is 0. The highest BCUT2D eigenvalue weighted by Crippen LogP contribution is 2.31. The number of benzene rings is 3. The van der Waals surface area contributed by atoms with Crippen molar-refractivity contribution in [3.05, 3.63) is 95.6 Å². The van der Waals surface area contributed by atoms with E-state index in [9.17, 15) is 4.79 Å². The maximum absolute atomic E-state index is 12.5. The highest BCUT2D eigenvalue weighted by Gasteiger charge is 2.15. The van der Waals surface area contributed by atoms with Crippen molar-refractivity contribution in [2.24, 2.45) is 0 Å². The fourth-order valence-electron chi connectivity index (χ4n) is 4.47. The third-order valence-electron chi connectivity index (χ3n) is 5.90. The molecule has 33 heavy (non-hydrogen) atoms. The van der Waals surface area contributed by atoms with E-state index in [4.69, 9.17) is 9.72 Å². The molecule has 0 spiro atoms. The molecule has 0 fully saturated rings. The highest BCUT2D eigenvalue weighted by atomic mass is 16.5. The zero-order valence-electron chi connectivity index (χ0n) is 18.9. The molecule has 0 aliphatic rings. The topological polar surface area (TPSA) is 55.0 Å². The molecule has 0 bridgehead atoms. The Balaban J connectivity index is 1.37. The van der Waals surface area contributed by atoms with E-state index < -0.39 is 0 Å². The monoisotopic (exact) mass is 434 g/mol. The maximum Gasteiger partial charge on any atom is 0.311 e. The van der Waals surface area contributed by atoms with E-state index in [2.05, 4.69) is 41.4 Å². The Morgan fingerprint density at radius 3 is 2.52 bits per heavy atom. The first-order valence-corrected chi connectivity index (χ1v) is 11.3. The molecule has 2 aromatic heterocycles. The van der Waals surface area contributed by atoms with Gasteiger partial charge in [0.2, 0.25) is 0 Å². The highest BCUT2D eigenvalue weighted by molar-refractivity contribution is 5.91. The van der Waals surface area contributed by atoms with E-state index in [0.29, 0.717) is 18.6 Å². The molecule has 0 atom stereocenters. The molecule has 4 heteroatoms. The van der Waals surface area contributed by atoms with Crippen LogP contribution in [0.15, 0.2) is 78.9 Å². The van der Waals surface area contributed by atoms with Gasteiger partial charge in [0.05, 0.1) is 16.9 Å². The predicted octanol–water partition coefficient (Wildman–Crippen LogP) is 6.93. The van der Waals surface area contributed by atoms with Gasteiger partial charge >= 0.3 is 5.97 Å². The van der Waals surface area contributed by atoms with Gasteiger partial charge in [-0.15, -0.1) is 0 Å². The molecule has 0 aliphatic carbocycles. The Morgan fingerprint density at radius 2 is 1.67 bits per heavy atom. The Hall–Kier alpha value is -3.92. The molecule has 0 amide bonds. The van der Waals surface area contributed by atoms with E-state index in [-0.39, 0.29) is 5.97 Å². The minimum absolute atomic E-state index is 0.203. The fourth-order valence-corrected chi connectivity index (χ4v) is 4.47. The number of hydrogen-bond donors (Lipinski definition) is 1. The van der Waals surface area contributed by atoms with E-state index >= 15 is 0 Å². The van der Waals surface area contributed by atoms with Gasteiger partial charge in [-0.2, -0.15) is 0 Å². The standard InChI is InChI=1S/C29H26N2O2/c1-19-16-20(2)18-22(17-19)33-28(32)13-7-10-24-23-9-4-6-12-26(23)31-29(24)27-15-14-21-8-3-5-11-25(21)30-27/h3-6,8-9,11-12,14-18,31H,7,10,13H2,1-2H3. The van der Waals surface area contributed by atoms with Crippen LogP contribution in [0.2, 0.25) is 0 Å². The summed E-state index contributed by atoms with van der Waals surface area (Å²) >= 11 is 0. The lowest BCUT2D eigenvalue weighted by atomic mass is 10.0. The van der Waals surface area contributed by atoms with Crippen LogP contribution in [0.4, 0.5) is 0 Å². The number of hydrogen-bond acceptors (Lipinski definition) is 3. The van der Waals surface area contributed by atoms with Crippen LogP contribution in [0.3, 0.4) is 0 Å². The third-order valence-corrected chi connectivity index (χ3v) is 5.90. The molecule has 5 rings (SSSR count). The molecule has 164 valence electrons. The molecule has 0 radical (unpaired) electrons. The van der Waals surface area contributed by atoms with Crippen molar-refractivity contribution in [1.82, 2.24) is 9.97 Å². The van der Waals surface area contributed by atoms with Crippen molar-refractivity contribution < 1.29 is 9.53 Å². The smallest absolute Gasteiger partial charge is 0.311 e. The molecule has 0 saturated carbocycles. The first kappa shape index (κ1) is 21.0. The lowest BCUT2D eigenvalue weighted by molar-refractivity contribution is -0.134. The number of aromatic amines is 1. The summed E-state index contributed by atoms with van der Waals surface area (Å²) < 4.78 is 5.59. The van der Waals surface area contributed by atoms with Crippen LogP contribution in [0.25, 0.3) is 33.2 Å². The second-order valence-corrected chi connectivity index (χ2v) is 8.56. The number of rotatable bonds is 6. The second kappa shape index (κ2) is 8.91. The van der Waals surface area contributed by atoms with Gasteiger partial charge in [-0.1, -0.05) is 48.5 Å². The van der Waals surface area contributed by atoms with Crippen LogP contribution in [0.1, 0.15) is 29.5 Å². The summed E-state index contributed by atoms with van der Waals surface area (Å²) in [6.07, 6.45) is 1.82. The molecule has 0 saturated heterocycles. The number of pyridine rings is 1. The number of nitrogens with one attached hydrogen (secondary N) is 1. The third kappa shape index (κ3) is 4.51. The van der Waals surface area contributed by atoms with Crippen molar-refractivity contribution in [3.8, 4) is 17.1 Å². The molecule has 3 aromatic carbocycles. The van der Waals surface area contributed by atoms with Gasteiger partial charge in [-0.3, -0.25) is 4.79 Å². The SMILES string of the molecule is Cc1cc(C)cc(OC(=O)CCCc2c(-c3ccc4ccccc4n3)[nH]c3ccccc23)c1. The molecular formula is C29H26N2O2. The van der Waals surface area contributed by atoms with Crippen molar-refractivity contribution in [1.29, 1.82) is 0 Å². The fraction of sp³-hybridized carbons (Fsp3) is 0.172. The predicted molar refractivity (Wildman–Crippen MR) is 134 cm³/mol. The Bertz CT molecular complexity index is 1450. The summed E-state index contributed by atoms with van der Waals surface area (Å²) in [5.74, 6) is 0.413. The number of nitrogens with zero attached hydrogens (tertiary/aromatic N) is 1. The van der Waals surface area contributed by atoms with Crippen LogP contribution >= 0.6 is 0 Å². The molecule has 4 nitrogen and oxygen atoms in total. The summed E-state index contributed by atoms with van der Waals surface area (Å²) in [6.45, 7) is 4.01. The molecule has 2 heterocycles. The maximum atomic E-state index is 12.5. The first-order valence-electron chi connectivity index (χ1n) is 11.3. The van der Waals surface area contributed by atoms with Crippen LogP contribution in [0.5, 0.6) is 5.75 Å². The average molecular weight is 435 g/mol. The van der Waals surface area contributed by atoms with Crippen molar-refractivity contribution >= 4 is 27.8 Å². The molecule has 1 N–H and O–H groups in total.